The van der Waals surface area contributed by atoms with Gasteiger partial charge in [-0.1, -0.05) is 34.1 Å². The second kappa shape index (κ2) is 47.4. The van der Waals surface area contributed by atoms with Gasteiger partial charge in [-0.05, 0) is 304 Å². The van der Waals surface area contributed by atoms with Gasteiger partial charge in [0, 0.05) is 263 Å². The van der Waals surface area contributed by atoms with E-state index in [0.29, 0.717) is 55.3 Å². The van der Waals surface area contributed by atoms with Crippen LogP contribution >= 0.6 is 0 Å². The predicted octanol–water partition coefficient (Wildman–Crippen LogP) is 13.7. The number of ether oxygens (including phenoxy) is 2. The van der Waals surface area contributed by atoms with Crippen LogP contribution in [-0.2, 0) is 9.47 Å². The Balaban J connectivity index is 0.000000267. The molecule has 0 saturated carbocycles. The van der Waals surface area contributed by atoms with Gasteiger partial charge in [0.25, 0.3) is 0 Å². The Hall–Kier alpha value is -0.760. The smallest absolute Gasteiger partial charge is 0.0594 e. The first-order valence-corrected chi connectivity index (χ1v) is 47.0. The van der Waals surface area contributed by atoms with E-state index in [1.54, 1.807) is 0 Å². The number of fused-ring (bicyclic) bond motifs is 7. The second-order valence-corrected chi connectivity index (χ2v) is 46.5. The van der Waals surface area contributed by atoms with Crippen LogP contribution in [0.25, 0.3) is 0 Å². The molecule has 0 aromatic carbocycles. The van der Waals surface area contributed by atoms with E-state index in [-0.39, 0.29) is 6.61 Å². The van der Waals surface area contributed by atoms with E-state index in [2.05, 4.69) is 322 Å². The molecular formula is C95H200N16O3. The largest absolute Gasteiger partial charge is 0.395 e. The molecule has 0 aliphatic carbocycles. The number of likely N-dealkylation sites (tertiary alicyclic amines) is 4. The molecular weight excluding hydrogens is 1410 g/mol. The van der Waals surface area contributed by atoms with E-state index < -0.39 is 0 Å². The zero-order valence-electron chi connectivity index (χ0n) is 82.9. The molecule has 19 heteroatoms. The summed E-state index contributed by atoms with van der Waals surface area (Å²) in [5, 5.41) is 12.1. The topological polar surface area (TPSA) is 99.3 Å². The van der Waals surface area contributed by atoms with Gasteiger partial charge in [-0.25, -0.2) is 0 Å². The third kappa shape index (κ3) is 38.2. The lowest BCUT2D eigenvalue weighted by molar-refractivity contribution is -0.0531. The van der Waals surface area contributed by atoms with Gasteiger partial charge in [0.2, 0.25) is 0 Å². The summed E-state index contributed by atoms with van der Waals surface area (Å²) in [7, 11) is 9.02. The number of aliphatic hydroxyl groups excluding tert-OH is 1. The molecule has 0 amide bonds. The summed E-state index contributed by atoms with van der Waals surface area (Å²) in [6.45, 7) is 109. The fourth-order valence-electron chi connectivity index (χ4n) is 18.9. The summed E-state index contributed by atoms with van der Waals surface area (Å²) in [6, 6.07) is 4.98. The zero-order valence-corrected chi connectivity index (χ0v) is 82.9. The Kier molecular flexibility index (Phi) is 43.9. The quantitative estimate of drug-likeness (QED) is 0.280. The van der Waals surface area contributed by atoms with Gasteiger partial charge in [-0.3, -0.25) is 53.9 Å². The lowest BCUT2D eigenvalue weighted by atomic mass is 9.76. The number of aliphatic hydroxyl groups is 1. The van der Waals surface area contributed by atoms with Crippen LogP contribution in [0.5, 0.6) is 0 Å². The predicted molar refractivity (Wildman–Crippen MR) is 495 cm³/mol. The molecule has 6 atom stereocenters. The maximum Gasteiger partial charge on any atom is 0.0594 e. The molecule has 0 aromatic rings. The van der Waals surface area contributed by atoms with Crippen molar-refractivity contribution < 1.29 is 14.6 Å². The Morgan fingerprint density at radius 2 is 0.649 bits per heavy atom. The SMILES string of the molecule is CC(C)(C)C1CCOCC1.CC(C)(C)N1CCCCC1.CC(C)(C)N1CCN(CCO)CC1.CC(C)(C)N1CCNCC1.CC(C)(C)N1CCOCC1.CCN1CCN(C(C)(C)C)CC1.CN1C2CCC1CN(C(C)(C)C)C2.CN1CC2CC1CN2C(C)(C)C.CN1CC2CCC1CN2C(C)(C)C.CN1CCN(C(C)(C)C)CC1. The molecule has 14 aliphatic rings. The maximum absolute atomic E-state index is 8.79. The minimum atomic E-state index is 0.287. The van der Waals surface area contributed by atoms with E-state index in [0.717, 1.165) is 127 Å². The number of piperazine rings is 7. The molecule has 0 radical (unpaired) electrons. The van der Waals surface area contributed by atoms with Gasteiger partial charge in [-0.2, -0.15) is 0 Å². The van der Waals surface area contributed by atoms with Crippen LogP contribution in [-0.4, -0.2) is 409 Å². The van der Waals surface area contributed by atoms with Crippen molar-refractivity contribution in [1.82, 2.24) is 78.8 Å². The average Bonchev–Trinajstić information content (AvgIpc) is 1.13. The second-order valence-electron chi connectivity index (χ2n) is 46.5. The van der Waals surface area contributed by atoms with Crippen LogP contribution in [0, 0.1) is 11.3 Å². The van der Waals surface area contributed by atoms with Gasteiger partial charge in [0.1, 0.15) is 0 Å². The number of hydrogen-bond acceptors (Lipinski definition) is 19. The Morgan fingerprint density at radius 3 is 0.965 bits per heavy atom. The number of rotatable bonds is 3. The standard InChI is InChI=1S/2C11H22N2.C10H22N2O.C10H20N2.C10H22N2.C9H20N2.C9H19N.C9H18O.C8H18N2.C8H17NO/c1-11(2,3)13-8-9-5-6-10(13)7-12(9)4;1-11(2,3)13-7-9-5-6-10(8-13)12(9)4;1-10(2,3)12-6-4-11(5-7-12)8-9-13;1-10(2,3)12-7-8-5-9(12)6-11(8)4;1-5-11-6-8-12(9-7-11)10(2,3)4;1-9(2,3)11-7-5-10(4)6-8-11;1-9(2,3)10-7-5-4-6-8-10;1-9(2,3)8-4-6-10-7-5-8;1-8(2,3)10-6-4-9-5-7-10;1-8(2,3)9-4-6-10-7-5-9/h2*9-10H,5-8H2,1-4H3;13H,4-9H2,1-3H3;8-9H,5-7H2,1-4H3;5-9H2,1-4H3;5-8H2,1-4H3;4-8H2,1-3H3;8H,4-7H2,1-3H3;9H,4-7H2,1-3H3;4-7H2,1-3H3. The van der Waals surface area contributed by atoms with Crippen LogP contribution in [0.3, 0.4) is 0 Å². The Bertz CT molecular complexity index is 2370. The van der Waals surface area contributed by atoms with Crippen molar-refractivity contribution in [3.63, 3.8) is 0 Å². The normalized spacial score (nSPS) is 27.8. The first kappa shape index (κ1) is 106. The molecule has 2 N–H and O–H groups in total. The average molecular weight is 1610 g/mol. The maximum atomic E-state index is 8.79. The highest BCUT2D eigenvalue weighted by Gasteiger charge is 2.46. The van der Waals surface area contributed by atoms with Crippen LogP contribution in [0.15, 0.2) is 0 Å². The Morgan fingerprint density at radius 1 is 0.307 bits per heavy atom. The van der Waals surface area contributed by atoms with E-state index in [1.807, 2.05) is 0 Å². The number of β-amino-alcohol motifs (C(OH)–C–C–N with tert-alkyl or cyclic N) is 1. The first-order valence-electron chi connectivity index (χ1n) is 47.0. The van der Waals surface area contributed by atoms with Crippen LogP contribution < -0.4 is 5.32 Å². The lowest BCUT2D eigenvalue weighted by Gasteiger charge is -2.55. The van der Waals surface area contributed by atoms with Gasteiger partial charge >= 0.3 is 0 Å². The fraction of sp³-hybridized carbons (Fsp3) is 1.00. The molecule has 6 bridgehead atoms. The van der Waals surface area contributed by atoms with Crippen molar-refractivity contribution in [3.05, 3.63) is 0 Å². The van der Waals surface area contributed by atoms with Crippen molar-refractivity contribution in [2.24, 2.45) is 11.3 Å². The zero-order chi connectivity index (χ0) is 86.2. The lowest BCUT2D eigenvalue weighted by Crippen LogP contribution is -2.65. The van der Waals surface area contributed by atoms with E-state index >= 15 is 0 Å². The van der Waals surface area contributed by atoms with Gasteiger partial charge in [-0.15, -0.1) is 0 Å². The van der Waals surface area contributed by atoms with E-state index in [4.69, 9.17) is 14.6 Å². The molecule has 0 aromatic heterocycles. The van der Waals surface area contributed by atoms with Crippen LogP contribution in [0.1, 0.15) is 279 Å². The molecule has 678 valence electrons. The fourth-order valence-corrected chi connectivity index (χ4v) is 18.9. The molecule has 6 unspecified atom stereocenters. The monoisotopic (exact) mass is 1610 g/mol. The highest BCUT2D eigenvalue weighted by Crippen LogP contribution is 2.37. The van der Waals surface area contributed by atoms with Crippen LogP contribution in [0.2, 0.25) is 0 Å². The summed E-state index contributed by atoms with van der Waals surface area (Å²) >= 11 is 0. The van der Waals surface area contributed by atoms with Crippen molar-refractivity contribution in [1.29, 1.82) is 0 Å². The van der Waals surface area contributed by atoms with Crippen molar-refractivity contribution in [2.45, 2.75) is 365 Å². The van der Waals surface area contributed by atoms with E-state index in [9.17, 15) is 0 Å². The van der Waals surface area contributed by atoms with Gasteiger partial charge in [0.05, 0.1) is 19.8 Å². The van der Waals surface area contributed by atoms with Crippen molar-refractivity contribution in [3.8, 4) is 0 Å². The molecule has 0 spiro atoms. The molecule has 14 saturated heterocycles. The number of piperidine rings is 3. The summed E-state index contributed by atoms with van der Waals surface area (Å²) in [4.78, 5) is 38.0. The van der Waals surface area contributed by atoms with Crippen molar-refractivity contribution in [2.75, 3.05) is 244 Å². The number of morpholine rings is 1. The third-order valence-electron chi connectivity index (χ3n) is 27.6. The number of likely N-dealkylation sites (N-methyl/N-ethyl adjacent to an activating group) is 5. The van der Waals surface area contributed by atoms with E-state index in [1.165, 1.54) is 189 Å². The summed E-state index contributed by atoms with van der Waals surface area (Å²) in [6.07, 6.45) is 13.8. The van der Waals surface area contributed by atoms with Crippen LogP contribution in [0.4, 0.5) is 0 Å². The van der Waals surface area contributed by atoms with Gasteiger partial charge in [0.15, 0.2) is 0 Å². The molecule has 14 fully saturated rings. The molecule has 114 heavy (non-hydrogen) atoms. The Labute approximate surface area is 710 Å². The number of nitrogens with one attached hydrogen (secondary N) is 1. The molecule has 19 nitrogen and oxygen atoms in total. The summed E-state index contributed by atoms with van der Waals surface area (Å²) < 4.78 is 10.5. The minimum Gasteiger partial charge on any atom is -0.395 e. The number of hydrogen-bond donors (Lipinski definition) is 2. The minimum absolute atomic E-state index is 0.287. The van der Waals surface area contributed by atoms with Gasteiger partial charge < -0.3 is 39.5 Å². The molecule has 14 rings (SSSR count). The highest BCUT2D eigenvalue weighted by atomic mass is 16.5. The first-order chi connectivity index (χ1) is 52.4. The third-order valence-corrected chi connectivity index (χ3v) is 27.6. The summed E-state index contributed by atoms with van der Waals surface area (Å²) in [5.41, 5.74) is 3.70. The molecule has 14 heterocycles. The summed E-state index contributed by atoms with van der Waals surface area (Å²) in [5.74, 6) is 0.876. The highest BCUT2D eigenvalue weighted by molar-refractivity contribution is 5.03. The number of nitrogens with zero attached hydrogens (tertiary/aromatic N) is 15. The van der Waals surface area contributed by atoms with Crippen molar-refractivity contribution >= 4 is 0 Å². The molecule has 14 aliphatic heterocycles.